The molecule has 1 heterocycles. The lowest BCUT2D eigenvalue weighted by molar-refractivity contribution is -0.153. The van der Waals surface area contributed by atoms with E-state index in [1.807, 2.05) is 0 Å². The van der Waals surface area contributed by atoms with E-state index in [9.17, 15) is 13.2 Å². The molecule has 0 saturated carbocycles. The van der Waals surface area contributed by atoms with Gasteiger partial charge in [-0.3, -0.25) is 9.89 Å². The maximum atomic E-state index is 12.3. The number of likely N-dealkylation sites (tertiary alicyclic amines) is 1. The summed E-state index contributed by atoms with van der Waals surface area (Å²) in [5.41, 5.74) is 0.843. The molecule has 1 aliphatic heterocycles. The molecule has 1 aromatic rings. The van der Waals surface area contributed by atoms with Crippen molar-refractivity contribution in [1.82, 2.24) is 15.5 Å². The summed E-state index contributed by atoms with van der Waals surface area (Å²) in [7, 11) is 3.10. The van der Waals surface area contributed by atoms with Crippen LogP contribution in [0.5, 0.6) is 11.5 Å². The van der Waals surface area contributed by atoms with Gasteiger partial charge in [0.15, 0.2) is 24.1 Å². The van der Waals surface area contributed by atoms with Crippen LogP contribution in [-0.2, 0) is 6.54 Å². The molecule has 1 aliphatic rings. The molecule has 0 aliphatic carbocycles. The first-order chi connectivity index (χ1) is 13.4. The first-order valence-electron chi connectivity index (χ1n) is 9.41. The lowest BCUT2D eigenvalue weighted by Crippen LogP contribution is -2.44. The van der Waals surface area contributed by atoms with Crippen LogP contribution in [0.25, 0.3) is 0 Å². The zero-order chi connectivity index (χ0) is 20.6. The Hall–Kier alpha value is -1.43. The van der Waals surface area contributed by atoms with E-state index in [4.69, 9.17) is 9.47 Å². The zero-order valence-electron chi connectivity index (χ0n) is 17.0. The predicted octanol–water partition coefficient (Wildman–Crippen LogP) is 3.40. The SMILES string of the molecule is CCN1CCCC1CNC(=NC)NCc1ccc(OCC(F)(F)F)c(OC)c1.I. The van der Waals surface area contributed by atoms with Gasteiger partial charge in [-0.25, -0.2) is 0 Å². The Balaban J connectivity index is 0.00000420. The monoisotopic (exact) mass is 530 g/mol. The summed E-state index contributed by atoms with van der Waals surface area (Å²) < 4.78 is 47.0. The summed E-state index contributed by atoms with van der Waals surface area (Å²) in [6.07, 6.45) is -2.00. The van der Waals surface area contributed by atoms with E-state index in [0.29, 0.717) is 18.5 Å². The van der Waals surface area contributed by atoms with Crippen molar-refractivity contribution in [2.45, 2.75) is 38.5 Å². The second-order valence-electron chi connectivity index (χ2n) is 6.62. The Morgan fingerprint density at radius 1 is 1.28 bits per heavy atom. The number of nitrogens with one attached hydrogen (secondary N) is 2. The Kier molecular flexibility index (Phi) is 10.9. The van der Waals surface area contributed by atoms with Gasteiger partial charge < -0.3 is 20.1 Å². The molecule has 0 radical (unpaired) electrons. The van der Waals surface area contributed by atoms with Gasteiger partial charge in [0.05, 0.1) is 7.11 Å². The molecule has 0 aromatic heterocycles. The van der Waals surface area contributed by atoms with Gasteiger partial charge in [-0.05, 0) is 43.6 Å². The molecule has 1 unspecified atom stereocenters. The van der Waals surface area contributed by atoms with Crippen LogP contribution in [0, 0.1) is 0 Å². The van der Waals surface area contributed by atoms with Crippen LogP contribution >= 0.6 is 24.0 Å². The molecule has 0 bridgehead atoms. The van der Waals surface area contributed by atoms with Crippen LogP contribution in [0.3, 0.4) is 0 Å². The largest absolute Gasteiger partial charge is 0.493 e. The highest BCUT2D eigenvalue weighted by Gasteiger charge is 2.29. The summed E-state index contributed by atoms with van der Waals surface area (Å²) in [5, 5.41) is 6.55. The number of hydrogen-bond donors (Lipinski definition) is 2. The normalized spacial score (nSPS) is 17.6. The first-order valence-corrected chi connectivity index (χ1v) is 9.41. The lowest BCUT2D eigenvalue weighted by Gasteiger charge is -2.24. The van der Waals surface area contributed by atoms with E-state index >= 15 is 0 Å². The number of aliphatic imine (C=N–C) groups is 1. The Morgan fingerprint density at radius 2 is 2.03 bits per heavy atom. The van der Waals surface area contributed by atoms with E-state index in [1.165, 1.54) is 26.0 Å². The molecule has 1 atom stereocenters. The number of benzene rings is 1. The quantitative estimate of drug-likeness (QED) is 0.307. The molecule has 10 heteroatoms. The van der Waals surface area contributed by atoms with Gasteiger partial charge >= 0.3 is 6.18 Å². The van der Waals surface area contributed by atoms with Gasteiger partial charge in [-0.2, -0.15) is 13.2 Å². The van der Waals surface area contributed by atoms with E-state index in [1.54, 1.807) is 19.2 Å². The van der Waals surface area contributed by atoms with Gasteiger partial charge in [0, 0.05) is 26.2 Å². The second kappa shape index (κ2) is 12.3. The van der Waals surface area contributed by atoms with Gasteiger partial charge in [-0.1, -0.05) is 13.0 Å². The minimum absolute atomic E-state index is 0. The third-order valence-corrected chi connectivity index (χ3v) is 4.71. The third-order valence-electron chi connectivity index (χ3n) is 4.71. The average Bonchev–Trinajstić information content (AvgIpc) is 3.13. The van der Waals surface area contributed by atoms with Crippen molar-refractivity contribution in [2.75, 3.05) is 40.4 Å². The molecule has 1 aromatic carbocycles. The van der Waals surface area contributed by atoms with Crippen molar-refractivity contribution in [3.8, 4) is 11.5 Å². The Labute approximate surface area is 187 Å². The maximum Gasteiger partial charge on any atom is 0.422 e. The second-order valence-corrected chi connectivity index (χ2v) is 6.62. The van der Waals surface area contributed by atoms with Crippen molar-refractivity contribution >= 4 is 29.9 Å². The zero-order valence-corrected chi connectivity index (χ0v) is 19.3. The number of methoxy groups -OCH3 is 1. The number of likely N-dealkylation sites (N-methyl/N-ethyl adjacent to an activating group) is 1. The third kappa shape index (κ3) is 8.45. The molecule has 1 saturated heterocycles. The first kappa shape index (κ1) is 25.6. The van der Waals surface area contributed by atoms with E-state index in [0.717, 1.165) is 25.2 Å². The molecule has 0 spiro atoms. The fourth-order valence-electron chi connectivity index (χ4n) is 3.26. The molecule has 6 nitrogen and oxygen atoms in total. The minimum atomic E-state index is -4.39. The van der Waals surface area contributed by atoms with Crippen LogP contribution in [-0.4, -0.2) is 63.5 Å². The number of ether oxygens (including phenoxy) is 2. The maximum absolute atomic E-state index is 12.3. The fourth-order valence-corrected chi connectivity index (χ4v) is 3.26. The van der Waals surface area contributed by atoms with E-state index in [-0.39, 0.29) is 35.5 Å². The number of hydrogen-bond acceptors (Lipinski definition) is 4. The van der Waals surface area contributed by atoms with Crippen LogP contribution in [0.2, 0.25) is 0 Å². The number of alkyl halides is 3. The van der Waals surface area contributed by atoms with Crippen molar-refractivity contribution in [1.29, 1.82) is 0 Å². The minimum Gasteiger partial charge on any atom is -0.493 e. The number of rotatable bonds is 8. The summed E-state index contributed by atoms with van der Waals surface area (Å²) in [4.78, 5) is 6.68. The van der Waals surface area contributed by atoms with Crippen LogP contribution < -0.4 is 20.1 Å². The average molecular weight is 530 g/mol. The Bertz CT molecular complexity index is 659. The number of nitrogens with zero attached hydrogens (tertiary/aromatic N) is 2. The molecular formula is C19H30F3IN4O2. The van der Waals surface area contributed by atoms with Crippen LogP contribution in [0.15, 0.2) is 23.2 Å². The lowest BCUT2D eigenvalue weighted by atomic mass is 10.2. The highest BCUT2D eigenvalue weighted by Crippen LogP contribution is 2.29. The van der Waals surface area contributed by atoms with Crippen molar-refractivity contribution in [3.05, 3.63) is 23.8 Å². The fraction of sp³-hybridized carbons (Fsp3) is 0.632. The van der Waals surface area contributed by atoms with Crippen LogP contribution in [0.1, 0.15) is 25.3 Å². The van der Waals surface area contributed by atoms with Crippen LogP contribution in [0.4, 0.5) is 13.2 Å². The van der Waals surface area contributed by atoms with Crippen molar-refractivity contribution < 1.29 is 22.6 Å². The topological polar surface area (TPSA) is 58.1 Å². The van der Waals surface area contributed by atoms with Gasteiger partial charge in [0.1, 0.15) is 0 Å². The molecule has 0 amide bonds. The van der Waals surface area contributed by atoms with Crippen molar-refractivity contribution in [3.63, 3.8) is 0 Å². The van der Waals surface area contributed by atoms with E-state index in [2.05, 4.69) is 27.4 Å². The standard InChI is InChI=1S/C19H29F3N4O2.HI/c1-4-26-9-5-6-15(26)12-25-18(23-2)24-11-14-7-8-16(17(10-14)27-3)28-13-19(20,21)22;/h7-8,10,15H,4-6,9,11-13H2,1-3H3,(H2,23,24,25);1H. The number of guanidine groups is 1. The van der Waals surface area contributed by atoms with Gasteiger partial charge in [0.2, 0.25) is 0 Å². The summed E-state index contributed by atoms with van der Waals surface area (Å²) in [6, 6.07) is 5.34. The molecule has 2 rings (SSSR count). The predicted molar refractivity (Wildman–Crippen MR) is 118 cm³/mol. The molecule has 1 fully saturated rings. The summed E-state index contributed by atoms with van der Waals surface area (Å²) >= 11 is 0. The highest BCUT2D eigenvalue weighted by molar-refractivity contribution is 14.0. The summed E-state index contributed by atoms with van der Waals surface area (Å²) in [6.45, 7) is 4.27. The highest BCUT2D eigenvalue weighted by atomic mass is 127. The number of halogens is 4. The van der Waals surface area contributed by atoms with Gasteiger partial charge in [0.25, 0.3) is 0 Å². The molecule has 2 N–H and O–H groups in total. The Morgan fingerprint density at radius 3 is 2.66 bits per heavy atom. The van der Waals surface area contributed by atoms with Crippen molar-refractivity contribution in [2.24, 2.45) is 4.99 Å². The van der Waals surface area contributed by atoms with Gasteiger partial charge in [-0.15, -0.1) is 24.0 Å². The van der Waals surface area contributed by atoms with E-state index < -0.39 is 12.8 Å². The smallest absolute Gasteiger partial charge is 0.422 e. The summed E-state index contributed by atoms with van der Waals surface area (Å²) in [5.74, 6) is 1.00. The molecule has 29 heavy (non-hydrogen) atoms. The molecular weight excluding hydrogens is 500 g/mol. The molecule has 166 valence electrons.